The molecule has 1 fully saturated rings. The molecule has 0 radical (unpaired) electrons. The van der Waals surface area contributed by atoms with E-state index in [1.165, 1.54) is 6.42 Å². The zero-order valence-corrected chi connectivity index (χ0v) is 11.4. The third kappa shape index (κ3) is 4.48. The third-order valence-corrected chi connectivity index (χ3v) is 3.95. The van der Waals surface area contributed by atoms with E-state index in [9.17, 15) is 4.79 Å². The molecular weight excluding hydrogens is 236 g/mol. The molecule has 17 heavy (non-hydrogen) atoms. The van der Waals surface area contributed by atoms with E-state index >= 15 is 0 Å². The Labute approximate surface area is 108 Å². The highest BCUT2D eigenvalue weighted by atomic mass is 32.2. The summed E-state index contributed by atoms with van der Waals surface area (Å²) >= 11 is 1.71. The van der Waals surface area contributed by atoms with Gasteiger partial charge in [0.25, 0.3) is 0 Å². The van der Waals surface area contributed by atoms with Gasteiger partial charge in [-0.2, -0.15) is 11.8 Å². The van der Waals surface area contributed by atoms with Crippen molar-refractivity contribution < 1.29 is 9.90 Å². The number of nitrogens with two attached hydrogens (primary N) is 1. The summed E-state index contributed by atoms with van der Waals surface area (Å²) in [7, 11) is 0. The Balaban J connectivity index is 2.45. The van der Waals surface area contributed by atoms with Crippen molar-refractivity contribution in [1.82, 2.24) is 4.90 Å². The van der Waals surface area contributed by atoms with E-state index < -0.39 is 0 Å². The molecule has 1 saturated carbocycles. The molecule has 5 heteroatoms. The van der Waals surface area contributed by atoms with Crippen LogP contribution in [0, 0.1) is 0 Å². The van der Waals surface area contributed by atoms with Crippen molar-refractivity contribution in [3.63, 3.8) is 0 Å². The Kier molecular flexibility index (Phi) is 6.92. The second-order valence-corrected chi connectivity index (χ2v) is 5.57. The number of thioether (sulfide) groups is 1. The number of aliphatic hydroxyl groups is 1. The molecule has 4 nitrogen and oxygen atoms in total. The van der Waals surface area contributed by atoms with Crippen LogP contribution in [0.5, 0.6) is 0 Å². The average Bonchev–Trinajstić information content (AvgIpc) is 2.27. The largest absolute Gasteiger partial charge is 0.396 e. The first-order valence-electron chi connectivity index (χ1n) is 6.36. The Morgan fingerprint density at radius 2 is 2.29 bits per heavy atom. The van der Waals surface area contributed by atoms with Crippen LogP contribution in [-0.2, 0) is 4.79 Å². The van der Waals surface area contributed by atoms with Gasteiger partial charge in [0.15, 0.2) is 0 Å². The van der Waals surface area contributed by atoms with Gasteiger partial charge in [0.1, 0.15) is 0 Å². The first kappa shape index (κ1) is 14.8. The molecule has 0 heterocycles. The SMILES string of the molecule is CSCC[C@H](N)C(=O)N(CCCO)C1CCC1. The molecule has 0 aromatic heterocycles. The summed E-state index contributed by atoms with van der Waals surface area (Å²) in [6.45, 7) is 0.781. The van der Waals surface area contributed by atoms with Crippen molar-refractivity contribution >= 4 is 17.7 Å². The predicted molar refractivity (Wildman–Crippen MR) is 72.0 cm³/mol. The van der Waals surface area contributed by atoms with Crippen LogP contribution in [-0.4, -0.2) is 53.2 Å². The smallest absolute Gasteiger partial charge is 0.239 e. The van der Waals surface area contributed by atoms with Crippen molar-refractivity contribution in [2.24, 2.45) is 5.73 Å². The van der Waals surface area contributed by atoms with Gasteiger partial charge in [-0.3, -0.25) is 4.79 Å². The number of nitrogens with zero attached hydrogens (tertiary/aromatic N) is 1. The molecule has 1 amide bonds. The Morgan fingerprint density at radius 1 is 1.59 bits per heavy atom. The molecule has 0 aromatic rings. The van der Waals surface area contributed by atoms with E-state index in [1.807, 2.05) is 11.2 Å². The lowest BCUT2D eigenvalue weighted by Crippen LogP contribution is -2.51. The lowest BCUT2D eigenvalue weighted by atomic mass is 9.90. The molecule has 0 spiro atoms. The fourth-order valence-electron chi connectivity index (χ4n) is 1.99. The van der Waals surface area contributed by atoms with Crippen LogP contribution < -0.4 is 5.73 Å². The second kappa shape index (κ2) is 7.95. The number of amides is 1. The Bertz CT molecular complexity index is 235. The van der Waals surface area contributed by atoms with E-state index in [2.05, 4.69) is 0 Å². The van der Waals surface area contributed by atoms with Gasteiger partial charge < -0.3 is 15.7 Å². The molecule has 0 bridgehead atoms. The summed E-state index contributed by atoms with van der Waals surface area (Å²) in [4.78, 5) is 14.1. The van der Waals surface area contributed by atoms with Crippen molar-refractivity contribution in [1.29, 1.82) is 0 Å². The van der Waals surface area contributed by atoms with Gasteiger partial charge in [-0.05, 0) is 44.1 Å². The lowest BCUT2D eigenvalue weighted by molar-refractivity contribution is -0.136. The van der Waals surface area contributed by atoms with Gasteiger partial charge in [0.05, 0.1) is 6.04 Å². The minimum atomic E-state index is -0.373. The van der Waals surface area contributed by atoms with E-state index in [4.69, 9.17) is 10.8 Å². The van der Waals surface area contributed by atoms with Crippen LogP contribution in [0.25, 0.3) is 0 Å². The molecule has 1 aliphatic carbocycles. The molecule has 100 valence electrons. The van der Waals surface area contributed by atoms with Gasteiger partial charge in [-0.25, -0.2) is 0 Å². The van der Waals surface area contributed by atoms with Crippen molar-refractivity contribution in [3.05, 3.63) is 0 Å². The molecule has 1 atom stereocenters. The van der Waals surface area contributed by atoms with Crippen LogP contribution in [0.1, 0.15) is 32.1 Å². The summed E-state index contributed by atoms with van der Waals surface area (Å²) < 4.78 is 0. The number of rotatable bonds is 8. The second-order valence-electron chi connectivity index (χ2n) is 4.58. The zero-order valence-electron chi connectivity index (χ0n) is 10.6. The highest BCUT2D eigenvalue weighted by molar-refractivity contribution is 7.98. The maximum absolute atomic E-state index is 12.2. The zero-order chi connectivity index (χ0) is 12.7. The van der Waals surface area contributed by atoms with E-state index in [-0.39, 0.29) is 18.6 Å². The fourth-order valence-corrected chi connectivity index (χ4v) is 2.48. The topological polar surface area (TPSA) is 66.6 Å². The molecule has 0 unspecified atom stereocenters. The molecule has 0 aromatic carbocycles. The quantitative estimate of drug-likeness (QED) is 0.678. The molecule has 0 saturated heterocycles. The molecular formula is C12H24N2O2S. The first-order chi connectivity index (χ1) is 8.20. The maximum Gasteiger partial charge on any atom is 0.239 e. The van der Waals surface area contributed by atoms with Crippen LogP contribution in [0.15, 0.2) is 0 Å². The fraction of sp³-hybridized carbons (Fsp3) is 0.917. The number of hydrogen-bond acceptors (Lipinski definition) is 4. The molecule has 3 N–H and O–H groups in total. The monoisotopic (exact) mass is 260 g/mol. The number of carbonyl (C=O) groups is 1. The van der Waals surface area contributed by atoms with E-state index in [1.54, 1.807) is 11.8 Å². The van der Waals surface area contributed by atoms with Crippen molar-refractivity contribution in [2.45, 2.75) is 44.2 Å². The summed E-state index contributed by atoms with van der Waals surface area (Å²) in [6.07, 6.45) is 6.79. The van der Waals surface area contributed by atoms with Gasteiger partial charge in [-0.1, -0.05) is 0 Å². The van der Waals surface area contributed by atoms with Crippen LogP contribution >= 0.6 is 11.8 Å². The molecule has 0 aliphatic heterocycles. The lowest BCUT2D eigenvalue weighted by Gasteiger charge is -2.39. The summed E-state index contributed by atoms with van der Waals surface area (Å²) in [5, 5.41) is 8.88. The number of hydrogen-bond donors (Lipinski definition) is 2. The van der Waals surface area contributed by atoms with Crippen LogP contribution in [0.2, 0.25) is 0 Å². The summed E-state index contributed by atoms with van der Waals surface area (Å²) in [6, 6.07) is -0.00359. The van der Waals surface area contributed by atoms with Gasteiger partial charge in [0, 0.05) is 19.2 Å². The number of aliphatic hydroxyl groups excluding tert-OH is 1. The Hall–Kier alpha value is -0.260. The highest BCUT2D eigenvalue weighted by Gasteiger charge is 2.30. The molecule has 1 aliphatic rings. The molecule has 1 rings (SSSR count). The first-order valence-corrected chi connectivity index (χ1v) is 7.76. The minimum absolute atomic E-state index is 0.0669. The van der Waals surface area contributed by atoms with Gasteiger partial charge >= 0.3 is 0 Å². The standard InChI is InChI=1S/C12H24N2O2S/c1-17-9-6-11(13)12(16)14(7-3-8-15)10-4-2-5-10/h10-11,15H,2-9,13H2,1H3/t11-/m0/s1. The van der Waals surface area contributed by atoms with Crippen LogP contribution in [0.3, 0.4) is 0 Å². The predicted octanol–water partition coefficient (Wildman–Crippen LogP) is 0.830. The summed E-state index contributed by atoms with van der Waals surface area (Å²) in [5.41, 5.74) is 5.93. The average molecular weight is 260 g/mol. The Morgan fingerprint density at radius 3 is 2.76 bits per heavy atom. The van der Waals surface area contributed by atoms with Crippen molar-refractivity contribution in [2.75, 3.05) is 25.2 Å². The normalized spacial score (nSPS) is 17.6. The van der Waals surface area contributed by atoms with Crippen molar-refractivity contribution in [3.8, 4) is 0 Å². The third-order valence-electron chi connectivity index (χ3n) is 3.31. The van der Waals surface area contributed by atoms with E-state index in [0.29, 0.717) is 19.0 Å². The minimum Gasteiger partial charge on any atom is -0.396 e. The maximum atomic E-state index is 12.2. The number of carbonyl (C=O) groups excluding carboxylic acids is 1. The van der Waals surface area contributed by atoms with E-state index in [0.717, 1.165) is 25.0 Å². The summed E-state index contributed by atoms with van der Waals surface area (Å²) in [5.74, 6) is 0.989. The van der Waals surface area contributed by atoms with Crippen LogP contribution in [0.4, 0.5) is 0 Å². The van der Waals surface area contributed by atoms with Gasteiger partial charge in [-0.15, -0.1) is 0 Å². The van der Waals surface area contributed by atoms with Gasteiger partial charge in [0.2, 0.25) is 5.91 Å². The highest BCUT2D eigenvalue weighted by Crippen LogP contribution is 2.25.